The van der Waals surface area contributed by atoms with E-state index in [9.17, 15) is 13.6 Å². The van der Waals surface area contributed by atoms with Crippen molar-refractivity contribution in [1.82, 2.24) is 10.1 Å². The summed E-state index contributed by atoms with van der Waals surface area (Å²) in [6.45, 7) is 1.70. The number of hydrogen-bond acceptors (Lipinski definition) is 5. The Morgan fingerprint density at radius 3 is 2.56 bits per heavy atom. The highest BCUT2D eigenvalue weighted by molar-refractivity contribution is 5.76. The minimum Gasteiger partial charge on any atom is -0.369 e. The van der Waals surface area contributed by atoms with E-state index in [0.29, 0.717) is 32.9 Å². The summed E-state index contributed by atoms with van der Waals surface area (Å²) in [5, 5.41) is 3.52. The first-order valence-electron chi connectivity index (χ1n) is 5.64. The molecule has 1 aromatic rings. The molecule has 0 bridgehead atoms. The Morgan fingerprint density at radius 1 is 1.50 bits per heavy atom. The van der Waals surface area contributed by atoms with Gasteiger partial charge in [0.25, 0.3) is 11.8 Å². The second kappa shape index (κ2) is 4.51. The molecule has 0 unspecified atom stereocenters. The quantitative estimate of drug-likeness (QED) is 0.872. The van der Waals surface area contributed by atoms with Gasteiger partial charge in [-0.25, -0.2) is 0 Å². The van der Waals surface area contributed by atoms with Crippen LogP contribution >= 0.6 is 0 Å². The van der Waals surface area contributed by atoms with E-state index in [1.807, 2.05) is 0 Å². The van der Waals surface area contributed by atoms with E-state index < -0.39 is 11.8 Å². The fourth-order valence-electron chi connectivity index (χ4n) is 1.89. The molecule has 1 aliphatic heterocycles. The number of nitrogens with zero attached hydrogens (tertiary/aromatic N) is 3. The van der Waals surface area contributed by atoms with Crippen LogP contribution in [0.3, 0.4) is 0 Å². The minimum absolute atomic E-state index is 0.134. The Morgan fingerprint density at radius 2 is 2.11 bits per heavy atom. The fraction of sp³-hybridized carbons (Fsp3) is 0.700. The van der Waals surface area contributed by atoms with Crippen LogP contribution in [-0.4, -0.2) is 29.1 Å². The number of primary amides is 1. The Kier molecular flexibility index (Phi) is 3.18. The van der Waals surface area contributed by atoms with E-state index >= 15 is 0 Å². The van der Waals surface area contributed by atoms with Gasteiger partial charge >= 0.3 is 5.92 Å². The van der Waals surface area contributed by atoms with Crippen LogP contribution in [0.5, 0.6) is 0 Å². The molecule has 1 saturated heterocycles. The van der Waals surface area contributed by atoms with Gasteiger partial charge in [-0.05, 0) is 18.0 Å². The van der Waals surface area contributed by atoms with E-state index in [1.165, 1.54) is 0 Å². The molecule has 6 nitrogen and oxygen atoms in total. The summed E-state index contributed by atoms with van der Waals surface area (Å²) >= 11 is 0. The summed E-state index contributed by atoms with van der Waals surface area (Å²) in [6.07, 6.45) is 1.14. The van der Waals surface area contributed by atoms with Crippen LogP contribution in [0.2, 0.25) is 0 Å². The zero-order chi connectivity index (χ0) is 13.3. The van der Waals surface area contributed by atoms with Crippen LogP contribution in [0.25, 0.3) is 0 Å². The summed E-state index contributed by atoms with van der Waals surface area (Å²) in [4.78, 5) is 16.4. The third-order valence-corrected chi connectivity index (χ3v) is 2.97. The molecule has 2 rings (SSSR count). The van der Waals surface area contributed by atoms with Gasteiger partial charge in [0.2, 0.25) is 5.91 Å². The maximum atomic E-state index is 12.9. The summed E-state index contributed by atoms with van der Waals surface area (Å²) in [5.74, 6) is -4.20. The topological polar surface area (TPSA) is 85.3 Å². The molecule has 1 fully saturated rings. The third-order valence-electron chi connectivity index (χ3n) is 2.97. The Labute approximate surface area is 102 Å². The number of anilines is 1. The molecular weight excluding hydrogens is 246 g/mol. The molecule has 2 N–H and O–H groups in total. The number of halogens is 2. The van der Waals surface area contributed by atoms with Gasteiger partial charge in [0.1, 0.15) is 0 Å². The molecule has 0 atom stereocenters. The summed E-state index contributed by atoms with van der Waals surface area (Å²) in [6, 6.07) is 0. The zero-order valence-corrected chi connectivity index (χ0v) is 9.90. The van der Waals surface area contributed by atoms with E-state index in [-0.39, 0.29) is 17.8 Å². The van der Waals surface area contributed by atoms with Gasteiger partial charge in [0.05, 0.1) is 0 Å². The monoisotopic (exact) mass is 260 g/mol. The van der Waals surface area contributed by atoms with E-state index in [2.05, 4.69) is 14.7 Å². The Bertz CT molecular complexity index is 435. The molecule has 0 aromatic carbocycles. The predicted octanol–water partition coefficient (Wildman–Crippen LogP) is 0.883. The molecule has 1 amide bonds. The van der Waals surface area contributed by atoms with Gasteiger partial charge in [-0.2, -0.15) is 13.8 Å². The highest BCUT2D eigenvalue weighted by Gasteiger charge is 2.33. The number of rotatable bonds is 3. The SMILES string of the molecule is CC(F)(F)c1nc(N2CCC(C(N)=O)CC2)no1. The van der Waals surface area contributed by atoms with Crippen molar-refractivity contribution in [3.63, 3.8) is 0 Å². The maximum Gasteiger partial charge on any atom is 0.322 e. The number of alkyl halides is 2. The van der Waals surface area contributed by atoms with Crippen molar-refractivity contribution < 1.29 is 18.1 Å². The van der Waals surface area contributed by atoms with Gasteiger partial charge in [0.15, 0.2) is 0 Å². The van der Waals surface area contributed by atoms with Gasteiger partial charge in [0, 0.05) is 25.9 Å². The van der Waals surface area contributed by atoms with Crippen molar-refractivity contribution in [2.24, 2.45) is 11.7 Å². The number of piperidine rings is 1. The highest BCUT2D eigenvalue weighted by atomic mass is 19.3. The van der Waals surface area contributed by atoms with Crippen LogP contribution in [0, 0.1) is 5.92 Å². The average Bonchev–Trinajstić information content (AvgIpc) is 2.78. The number of carbonyl (C=O) groups excluding carboxylic acids is 1. The fourth-order valence-corrected chi connectivity index (χ4v) is 1.89. The Balaban J connectivity index is 2.02. The second-order valence-corrected chi connectivity index (χ2v) is 4.45. The molecule has 18 heavy (non-hydrogen) atoms. The molecule has 100 valence electrons. The van der Waals surface area contributed by atoms with Crippen molar-refractivity contribution in [3.05, 3.63) is 5.89 Å². The van der Waals surface area contributed by atoms with Crippen LogP contribution in [0.1, 0.15) is 25.7 Å². The lowest BCUT2D eigenvalue weighted by molar-refractivity contribution is -0.122. The van der Waals surface area contributed by atoms with Crippen LogP contribution < -0.4 is 10.6 Å². The minimum atomic E-state index is -3.14. The zero-order valence-electron chi connectivity index (χ0n) is 9.90. The smallest absolute Gasteiger partial charge is 0.322 e. The molecule has 0 radical (unpaired) electrons. The van der Waals surface area contributed by atoms with Crippen LogP contribution in [0.15, 0.2) is 4.52 Å². The molecule has 0 spiro atoms. The van der Waals surface area contributed by atoms with Crippen LogP contribution in [-0.2, 0) is 10.7 Å². The number of aromatic nitrogens is 2. The summed E-state index contributed by atoms with van der Waals surface area (Å²) < 4.78 is 30.4. The van der Waals surface area contributed by atoms with E-state index in [4.69, 9.17) is 5.73 Å². The highest BCUT2D eigenvalue weighted by Crippen LogP contribution is 2.28. The van der Waals surface area contributed by atoms with Gasteiger partial charge in [-0.3, -0.25) is 4.79 Å². The van der Waals surface area contributed by atoms with E-state index in [0.717, 1.165) is 0 Å². The van der Waals surface area contributed by atoms with Crippen molar-refractivity contribution >= 4 is 11.9 Å². The first-order valence-corrected chi connectivity index (χ1v) is 5.64. The number of amides is 1. The lowest BCUT2D eigenvalue weighted by Gasteiger charge is -2.29. The summed E-state index contributed by atoms with van der Waals surface area (Å²) in [5.41, 5.74) is 5.21. The normalized spacial score (nSPS) is 18.1. The molecular formula is C10H14F2N4O2. The van der Waals surface area contributed by atoms with Crippen molar-refractivity contribution in [2.45, 2.75) is 25.7 Å². The van der Waals surface area contributed by atoms with Crippen molar-refractivity contribution in [2.75, 3.05) is 18.0 Å². The third kappa shape index (κ3) is 2.57. The molecule has 8 heteroatoms. The second-order valence-electron chi connectivity index (χ2n) is 4.45. The first kappa shape index (κ1) is 12.7. The van der Waals surface area contributed by atoms with Crippen molar-refractivity contribution in [1.29, 1.82) is 0 Å². The van der Waals surface area contributed by atoms with Gasteiger partial charge in [-0.1, -0.05) is 0 Å². The summed E-state index contributed by atoms with van der Waals surface area (Å²) in [7, 11) is 0. The largest absolute Gasteiger partial charge is 0.369 e. The van der Waals surface area contributed by atoms with Crippen molar-refractivity contribution in [3.8, 4) is 0 Å². The number of nitrogens with two attached hydrogens (primary N) is 1. The first-order chi connectivity index (χ1) is 8.38. The van der Waals surface area contributed by atoms with Crippen LogP contribution in [0.4, 0.5) is 14.7 Å². The number of hydrogen-bond donors (Lipinski definition) is 1. The molecule has 1 aromatic heterocycles. The predicted molar refractivity (Wildman–Crippen MR) is 58.0 cm³/mol. The van der Waals surface area contributed by atoms with Gasteiger partial charge in [-0.15, -0.1) is 0 Å². The lowest BCUT2D eigenvalue weighted by atomic mass is 9.97. The lowest BCUT2D eigenvalue weighted by Crippen LogP contribution is -2.39. The van der Waals surface area contributed by atoms with E-state index in [1.54, 1.807) is 4.90 Å². The molecule has 2 heterocycles. The Hall–Kier alpha value is -1.73. The maximum absolute atomic E-state index is 12.9. The number of carbonyl (C=O) groups is 1. The van der Waals surface area contributed by atoms with Gasteiger partial charge < -0.3 is 15.2 Å². The average molecular weight is 260 g/mol. The standard InChI is InChI=1S/C10H14F2N4O2/c1-10(11,12)8-14-9(15-18-8)16-4-2-6(3-5-16)7(13)17/h6H,2-5H2,1H3,(H2,13,17). The molecule has 0 aliphatic carbocycles. The molecule has 1 aliphatic rings. The molecule has 0 saturated carbocycles.